The first kappa shape index (κ1) is 15.2. The fourth-order valence-corrected chi connectivity index (χ4v) is 2.95. The minimum absolute atomic E-state index is 0.00299. The van der Waals surface area contributed by atoms with Gasteiger partial charge in [0.25, 0.3) is 10.0 Å². The molecule has 1 N–H and O–H groups in total. The summed E-state index contributed by atoms with van der Waals surface area (Å²) in [5.74, 6) is 0.610. The van der Waals surface area contributed by atoms with Crippen molar-refractivity contribution in [1.82, 2.24) is 9.62 Å². The molecule has 1 heterocycles. The van der Waals surface area contributed by atoms with Gasteiger partial charge in [0.1, 0.15) is 5.76 Å². The van der Waals surface area contributed by atoms with E-state index in [-0.39, 0.29) is 5.09 Å². The van der Waals surface area contributed by atoms with Crippen molar-refractivity contribution in [3.05, 3.63) is 17.9 Å². The highest BCUT2D eigenvalue weighted by Gasteiger charge is 2.34. The molecular formula is C12H22N2O3S. The third-order valence-electron chi connectivity index (χ3n) is 3.32. The van der Waals surface area contributed by atoms with Gasteiger partial charge in [0, 0.05) is 12.6 Å². The molecule has 5 nitrogen and oxygen atoms in total. The van der Waals surface area contributed by atoms with Crippen molar-refractivity contribution in [2.24, 2.45) is 0 Å². The lowest BCUT2D eigenvalue weighted by molar-refractivity contribution is 0.249. The fraction of sp³-hybridized carbons (Fsp3) is 0.667. The fourth-order valence-electron chi connectivity index (χ4n) is 1.45. The maximum atomic E-state index is 12.4. The van der Waals surface area contributed by atoms with Crippen LogP contribution in [0.1, 0.15) is 33.0 Å². The molecule has 1 aromatic heterocycles. The number of sulfonamides is 1. The van der Waals surface area contributed by atoms with E-state index in [1.807, 2.05) is 20.8 Å². The standard InChI is InChI=1S/C12H22N2O3S/c1-6-12(2,3)14(5)18(15,16)11-8-7-10(17-11)9-13-4/h7-8,13H,6,9H2,1-5H3. The summed E-state index contributed by atoms with van der Waals surface area (Å²) in [5.41, 5.74) is -0.436. The van der Waals surface area contributed by atoms with E-state index in [4.69, 9.17) is 4.42 Å². The van der Waals surface area contributed by atoms with Gasteiger partial charge in [0.2, 0.25) is 5.09 Å². The van der Waals surface area contributed by atoms with Crippen LogP contribution >= 0.6 is 0 Å². The second-order valence-electron chi connectivity index (χ2n) is 4.89. The summed E-state index contributed by atoms with van der Waals surface area (Å²) in [4.78, 5) is 0. The Hall–Kier alpha value is -0.850. The van der Waals surface area contributed by atoms with E-state index >= 15 is 0 Å². The summed E-state index contributed by atoms with van der Waals surface area (Å²) in [6.45, 7) is 6.25. The lowest BCUT2D eigenvalue weighted by Gasteiger charge is -2.32. The zero-order chi connectivity index (χ0) is 14.0. The van der Waals surface area contributed by atoms with Gasteiger partial charge in [-0.05, 0) is 39.4 Å². The van der Waals surface area contributed by atoms with Gasteiger partial charge < -0.3 is 9.73 Å². The third-order valence-corrected chi connectivity index (χ3v) is 5.26. The SMILES string of the molecule is CCC(C)(C)N(C)S(=O)(=O)c1ccc(CNC)o1. The molecule has 0 aliphatic heterocycles. The summed E-state index contributed by atoms with van der Waals surface area (Å²) >= 11 is 0. The van der Waals surface area contributed by atoms with Crippen molar-refractivity contribution in [1.29, 1.82) is 0 Å². The number of rotatable bonds is 6. The molecule has 18 heavy (non-hydrogen) atoms. The Kier molecular flexibility index (Phi) is 4.58. The average molecular weight is 274 g/mol. The molecule has 0 unspecified atom stereocenters. The highest BCUT2D eigenvalue weighted by Crippen LogP contribution is 2.26. The van der Waals surface area contributed by atoms with Gasteiger partial charge in [-0.2, -0.15) is 4.31 Å². The van der Waals surface area contributed by atoms with Crippen molar-refractivity contribution < 1.29 is 12.8 Å². The quantitative estimate of drug-likeness (QED) is 0.859. The van der Waals surface area contributed by atoms with Crippen LogP contribution in [-0.4, -0.2) is 32.4 Å². The molecule has 0 spiro atoms. The lowest BCUT2D eigenvalue weighted by Crippen LogP contribution is -2.44. The number of nitrogens with one attached hydrogen (secondary N) is 1. The van der Waals surface area contributed by atoms with Gasteiger partial charge in [-0.3, -0.25) is 0 Å². The molecular weight excluding hydrogens is 252 g/mol. The first-order valence-electron chi connectivity index (χ1n) is 5.98. The Morgan fingerprint density at radius 2 is 2.00 bits per heavy atom. The maximum absolute atomic E-state index is 12.4. The molecule has 6 heteroatoms. The molecule has 0 bridgehead atoms. The van der Waals surface area contributed by atoms with Gasteiger partial charge in [0.15, 0.2) is 0 Å². The van der Waals surface area contributed by atoms with Crippen molar-refractivity contribution in [3.63, 3.8) is 0 Å². The molecule has 0 radical (unpaired) electrons. The predicted octanol–water partition coefficient (Wildman–Crippen LogP) is 1.81. The van der Waals surface area contributed by atoms with E-state index < -0.39 is 15.6 Å². The first-order chi connectivity index (χ1) is 8.25. The zero-order valence-electron chi connectivity index (χ0n) is 11.6. The van der Waals surface area contributed by atoms with Crippen molar-refractivity contribution >= 4 is 10.0 Å². The first-order valence-corrected chi connectivity index (χ1v) is 7.42. The maximum Gasteiger partial charge on any atom is 0.276 e. The normalized spacial score (nSPS) is 13.2. The predicted molar refractivity (Wildman–Crippen MR) is 70.8 cm³/mol. The summed E-state index contributed by atoms with van der Waals surface area (Å²) < 4.78 is 31.5. The largest absolute Gasteiger partial charge is 0.447 e. The van der Waals surface area contributed by atoms with Crippen LogP contribution < -0.4 is 5.32 Å². The van der Waals surface area contributed by atoms with Crippen LogP contribution in [-0.2, 0) is 16.6 Å². The number of furan rings is 1. The van der Waals surface area contributed by atoms with E-state index in [0.29, 0.717) is 12.3 Å². The van der Waals surface area contributed by atoms with Crippen LogP contribution in [0.2, 0.25) is 0 Å². The molecule has 0 saturated carbocycles. The van der Waals surface area contributed by atoms with Crippen LogP contribution in [0.5, 0.6) is 0 Å². The monoisotopic (exact) mass is 274 g/mol. The van der Waals surface area contributed by atoms with E-state index in [2.05, 4.69) is 5.32 Å². The van der Waals surface area contributed by atoms with Crippen molar-refractivity contribution in [2.45, 2.75) is 44.4 Å². The third kappa shape index (κ3) is 2.93. The topological polar surface area (TPSA) is 62.6 Å². The minimum Gasteiger partial charge on any atom is -0.447 e. The van der Waals surface area contributed by atoms with Gasteiger partial charge in [0.05, 0.1) is 6.54 Å². The molecule has 0 aliphatic rings. The number of hydrogen-bond donors (Lipinski definition) is 1. The molecule has 0 aromatic carbocycles. The van der Waals surface area contributed by atoms with Crippen LogP contribution in [0.4, 0.5) is 0 Å². The zero-order valence-corrected chi connectivity index (χ0v) is 12.5. The second kappa shape index (κ2) is 5.42. The van der Waals surface area contributed by atoms with Crippen LogP contribution in [0.15, 0.2) is 21.6 Å². The molecule has 1 rings (SSSR count). The van der Waals surface area contributed by atoms with E-state index in [0.717, 1.165) is 6.42 Å². The Morgan fingerprint density at radius 3 is 2.50 bits per heavy atom. The van der Waals surface area contributed by atoms with Gasteiger partial charge in [-0.15, -0.1) is 0 Å². The molecule has 0 amide bonds. The molecule has 0 saturated heterocycles. The van der Waals surface area contributed by atoms with E-state index in [9.17, 15) is 8.42 Å². The second-order valence-corrected chi connectivity index (χ2v) is 6.79. The molecule has 0 fully saturated rings. The molecule has 0 atom stereocenters. The number of nitrogens with zero attached hydrogens (tertiary/aromatic N) is 1. The highest BCUT2D eigenvalue weighted by molar-refractivity contribution is 7.89. The van der Waals surface area contributed by atoms with E-state index in [1.165, 1.54) is 10.4 Å². The minimum atomic E-state index is -3.57. The molecule has 1 aromatic rings. The molecule has 104 valence electrons. The summed E-state index contributed by atoms with van der Waals surface area (Å²) in [6, 6.07) is 3.18. The van der Waals surface area contributed by atoms with Crippen LogP contribution in [0, 0.1) is 0 Å². The van der Waals surface area contributed by atoms with Crippen LogP contribution in [0.3, 0.4) is 0 Å². The Labute approximate surface area is 109 Å². The molecule has 0 aliphatic carbocycles. The summed E-state index contributed by atoms with van der Waals surface area (Å²) in [7, 11) is -0.204. The van der Waals surface area contributed by atoms with E-state index in [1.54, 1.807) is 20.2 Å². The van der Waals surface area contributed by atoms with Crippen molar-refractivity contribution in [2.75, 3.05) is 14.1 Å². The van der Waals surface area contributed by atoms with Gasteiger partial charge in [-0.25, -0.2) is 8.42 Å². The smallest absolute Gasteiger partial charge is 0.276 e. The average Bonchev–Trinajstić information content (AvgIpc) is 2.77. The van der Waals surface area contributed by atoms with Crippen molar-refractivity contribution in [3.8, 4) is 0 Å². The Balaban J connectivity index is 3.05. The summed E-state index contributed by atoms with van der Waals surface area (Å²) in [5, 5.41) is 2.91. The highest BCUT2D eigenvalue weighted by atomic mass is 32.2. The summed E-state index contributed by atoms with van der Waals surface area (Å²) in [6.07, 6.45) is 0.729. The number of hydrogen-bond acceptors (Lipinski definition) is 4. The van der Waals surface area contributed by atoms with Crippen LogP contribution in [0.25, 0.3) is 0 Å². The Bertz CT molecular complexity index is 491. The van der Waals surface area contributed by atoms with Gasteiger partial charge >= 0.3 is 0 Å². The van der Waals surface area contributed by atoms with Gasteiger partial charge in [-0.1, -0.05) is 6.92 Å². The Morgan fingerprint density at radius 1 is 1.39 bits per heavy atom. The lowest BCUT2D eigenvalue weighted by atomic mass is 10.0.